The highest BCUT2D eigenvalue weighted by Crippen LogP contribution is 2.23. The summed E-state index contributed by atoms with van der Waals surface area (Å²) in [5.41, 5.74) is 0.873. The minimum absolute atomic E-state index is 0.336. The first-order valence-electron chi connectivity index (χ1n) is 5.33. The first-order valence-corrected chi connectivity index (χ1v) is 6.49. The van der Waals surface area contributed by atoms with Crippen molar-refractivity contribution in [3.63, 3.8) is 0 Å². The highest BCUT2D eigenvalue weighted by Gasteiger charge is 2.14. The van der Waals surface area contributed by atoms with Crippen molar-refractivity contribution in [3.8, 4) is 6.07 Å². The fourth-order valence-electron chi connectivity index (χ4n) is 1.76. The first kappa shape index (κ1) is 11.3. The van der Waals surface area contributed by atoms with E-state index in [4.69, 9.17) is 5.26 Å². The van der Waals surface area contributed by atoms with Gasteiger partial charge in [-0.3, -0.25) is 0 Å². The Morgan fingerprint density at radius 2 is 2.12 bits per heavy atom. The van der Waals surface area contributed by atoms with Crippen LogP contribution in [-0.2, 0) is 0 Å². The van der Waals surface area contributed by atoms with E-state index >= 15 is 0 Å². The Morgan fingerprint density at radius 1 is 1.38 bits per heavy atom. The molecule has 4 heteroatoms. The predicted octanol–water partition coefficient (Wildman–Crippen LogP) is 3.00. The molecule has 2 nitrogen and oxygen atoms in total. The number of hydrogen-bond acceptors (Lipinski definition) is 3. The third kappa shape index (κ3) is 2.67. The number of halogens is 1. The Hall–Kier alpha value is -1.21. The largest absolute Gasteiger partial charge is 0.380 e. The van der Waals surface area contributed by atoms with Crippen LogP contribution in [0, 0.1) is 17.1 Å². The van der Waals surface area contributed by atoms with Gasteiger partial charge in [-0.25, -0.2) is 4.39 Å². The number of nitriles is 1. The maximum Gasteiger partial charge on any atom is 0.147 e. The van der Waals surface area contributed by atoms with Gasteiger partial charge in [-0.15, -0.1) is 0 Å². The molecule has 1 aromatic rings. The molecule has 0 atom stereocenters. The van der Waals surface area contributed by atoms with E-state index in [1.165, 1.54) is 6.07 Å². The van der Waals surface area contributed by atoms with E-state index in [9.17, 15) is 4.39 Å². The average Bonchev–Trinajstić information content (AvgIpc) is 2.33. The molecule has 1 aliphatic rings. The minimum atomic E-state index is -0.336. The van der Waals surface area contributed by atoms with Gasteiger partial charge in [-0.2, -0.15) is 17.0 Å². The molecular weight excluding hydrogens is 223 g/mol. The summed E-state index contributed by atoms with van der Waals surface area (Å²) in [7, 11) is 0. The maximum atomic E-state index is 13.6. The zero-order valence-electron chi connectivity index (χ0n) is 8.87. The zero-order valence-corrected chi connectivity index (χ0v) is 9.69. The lowest BCUT2D eigenvalue weighted by atomic mass is 10.1. The van der Waals surface area contributed by atoms with Crippen LogP contribution in [0.5, 0.6) is 0 Å². The van der Waals surface area contributed by atoms with E-state index in [1.54, 1.807) is 12.1 Å². The van der Waals surface area contributed by atoms with Crippen LogP contribution < -0.4 is 5.32 Å². The Bertz CT molecular complexity index is 408. The number of nitrogens with one attached hydrogen (secondary N) is 1. The van der Waals surface area contributed by atoms with Crippen molar-refractivity contribution in [3.05, 3.63) is 29.6 Å². The molecule has 1 heterocycles. The number of hydrogen-bond donors (Lipinski definition) is 1. The Labute approximate surface area is 98.8 Å². The molecule has 1 fully saturated rings. The smallest absolute Gasteiger partial charge is 0.147 e. The van der Waals surface area contributed by atoms with Gasteiger partial charge in [0.15, 0.2) is 0 Å². The van der Waals surface area contributed by atoms with E-state index in [0.29, 0.717) is 17.3 Å². The molecule has 0 spiro atoms. The topological polar surface area (TPSA) is 35.8 Å². The molecule has 0 aliphatic carbocycles. The molecule has 0 saturated carbocycles. The molecule has 0 unspecified atom stereocenters. The van der Waals surface area contributed by atoms with E-state index in [1.807, 2.05) is 17.8 Å². The number of nitrogens with zero attached hydrogens (tertiary/aromatic N) is 1. The number of rotatable bonds is 2. The van der Waals surface area contributed by atoms with Crippen LogP contribution in [0.2, 0.25) is 0 Å². The quantitative estimate of drug-likeness (QED) is 0.857. The molecule has 84 valence electrons. The standard InChI is InChI=1S/C12H13FN2S/c13-11-7-9(8-14)1-2-12(11)15-10-3-5-16-6-4-10/h1-2,7,10,15H,3-6H2. The Morgan fingerprint density at radius 3 is 2.75 bits per heavy atom. The second-order valence-corrected chi connectivity index (χ2v) is 5.06. The summed E-state index contributed by atoms with van der Waals surface area (Å²) in [6.07, 6.45) is 2.15. The Kier molecular flexibility index (Phi) is 3.68. The Balaban J connectivity index is 2.06. The van der Waals surface area contributed by atoms with Crippen molar-refractivity contribution >= 4 is 17.4 Å². The lowest BCUT2D eigenvalue weighted by Crippen LogP contribution is -2.24. The summed E-state index contributed by atoms with van der Waals surface area (Å²) in [5.74, 6) is 1.93. The van der Waals surface area contributed by atoms with Crippen LogP contribution in [0.3, 0.4) is 0 Å². The molecule has 0 radical (unpaired) electrons. The highest BCUT2D eigenvalue weighted by molar-refractivity contribution is 7.99. The van der Waals surface area contributed by atoms with Crippen molar-refractivity contribution in [2.24, 2.45) is 0 Å². The highest BCUT2D eigenvalue weighted by atomic mass is 32.2. The molecule has 16 heavy (non-hydrogen) atoms. The van der Waals surface area contributed by atoms with Crippen molar-refractivity contribution in [2.75, 3.05) is 16.8 Å². The molecule has 0 bridgehead atoms. The fourth-order valence-corrected chi connectivity index (χ4v) is 2.87. The lowest BCUT2D eigenvalue weighted by molar-refractivity contribution is 0.614. The number of benzene rings is 1. The second kappa shape index (κ2) is 5.22. The number of anilines is 1. The van der Waals surface area contributed by atoms with E-state index < -0.39 is 0 Å². The molecule has 1 aromatic carbocycles. The normalized spacial score (nSPS) is 16.8. The SMILES string of the molecule is N#Cc1ccc(NC2CCSCC2)c(F)c1. The van der Waals surface area contributed by atoms with Gasteiger partial charge < -0.3 is 5.32 Å². The molecule has 0 aromatic heterocycles. The van der Waals surface area contributed by atoms with Crippen LogP contribution in [0.25, 0.3) is 0 Å². The van der Waals surface area contributed by atoms with Gasteiger partial charge in [0.25, 0.3) is 0 Å². The van der Waals surface area contributed by atoms with Crippen molar-refractivity contribution in [2.45, 2.75) is 18.9 Å². The lowest BCUT2D eigenvalue weighted by Gasteiger charge is -2.23. The average molecular weight is 236 g/mol. The maximum absolute atomic E-state index is 13.6. The van der Waals surface area contributed by atoms with Gasteiger partial charge >= 0.3 is 0 Å². The molecule has 1 saturated heterocycles. The predicted molar refractivity (Wildman–Crippen MR) is 65.1 cm³/mol. The van der Waals surface area contributed by atoms with Gasteiger partial charge in [0, 0.05) is 6.04 Å². The summed E-state index contributed by atoms with van der Waals surface area (Å²) >= 11 is 1.94. The van der Waals surface area contributed by atoms with Gasteiger partial charge in [-0.05, 0) is 42.5 Å². The van der Waals surface area contributed by atoms with Gasteiger partial charge in [0.2, 0.25) is 0 Å². The van der Waals surface area contributed by atoms with E-state index in [2.05, 4.69) is 5.32 Å². The van der Waals surface area contributed by atoms with Crippen molar-refractivity contribution in [1.82, 2.24) is 0 Å². The van der Waals surface area contributed by atoms with E-state index in [0.717, 1.165) is 24.3 Å². The van der Waals surface area contributed by atoms with Gasteiger partial charge in [0.1, 0.15) is 5.82 Å². The fraction of sp³-hybridized carbons (Fsp3) is 0.417. The first-order chi connectivity index (χ1) is 7.79. The number of thioether (sulfide) groups is 1. The summed E-state index contributed by atoms with van der Waals surface area (Å²) < 4.78 is 13.6. The summed E-state index contributed by atoms with van der Waals surface area (Å²) in [6.45, 7) is 0. The molecular formula is C12H13FN2S. The van der Waals surface area contributed by atoms with Gasteiger partial charge in [0.05, 0.1) is 17.3 Å². The molecule has 2 rings (SSSR count). The summed E-state index contributed by atoms with van der Waals surface area (Å²) in [5, 5.41) is 11.8. The van der Waals surface area contributed by atoms with Gasteiger partial charge in [-0.1, -0.05) is 0 Å². The molecule has 1 aliphatic heterocycles. The zero-order chi connectivity index (χ0) is 11.4. The third-order valence-corrected chi connectivity index (χ3v) is 3.73. The van der Waals surface area contributed by atoms with Crippen LogP contribution in [0.15, 0.2) is 18.2 Å². The second-order valence-electron chi connectivity index (χ2n) is 3.84. The minimum Gasteiger partial charge on any atom is -0.380 e. The van der Waals surface area contributed by atoms with Crippen LogP contribution in [0.1, 0.15) is 18.4 Å². The van der Waals surface area contributed by atoms with Crippen LogP contribution in [-0.4, -0.2) is 17.5 Å². The third-order valence-electron chi connectivity index (χ3n) is 2.68. The molecule has 1 N–H and O–H groups in total. The molecule has 0 amide bonds. The van der Waals surface area contributed by atoms with Crippen LogP contribution in [0.4, 0.5) is 10.1 Å². The monoisotopic (exact) mass is 236 g/mol. The van der Waals surface area contributed by atoms with Crippen LogP contribution >= 0.6 is 11.8 Å². The summed E-state index contributed by atoms with van der Waals surface area (Å²) in [4.78, 5) is 0. The van der Waals surface area contributed by atoms with Crippen molar-refractivity contribution < 1.29 is 4.39 Å². The summed E-state index contributed by atoms with van der Waals surface area (Å²) in [6, 6.07) is 6.86. The van der Waals surface area contributed by atoms with Crippen molar-refractivity contribution in [1.29, 1.82) is 5.26 Å². The van der Waals surface area contributed by atoms with E-state index in [-0.39, 0.29) is 5.82 Å².